The van der Waals surface area contributed by atoms with Gasteiger partial charge in [0.25, 0.3) is 6.43 Å². The molecular formula is C12H17BrF2N2. The molecule has 1 rings (SSSR count). The highest BCUT2D eigenvalue weighted by molar-refractivity contribution is 9.10. The zero-order chi connectivity index (χ0) is 12.8. The van der Waals surface area contributed by atoms with E-state index in [0.717, 1.165) is 16.6 Å². The molecule has 0 heterocycles. The van der Waals surface area contributed by atoms with Crippen molar-refractivity contribution in [3.05, 3.63) is 33.8 Å². The summed E-state index contributed by atoms with van der Waals surface area (Å²) >= 11 is 3.47. The Morgan fingerprint density at radius 2 is 2.12 bits per heavy atom. The second kappa shape index (κ2) is 7.03. The number of alkyl halides is 2. The maximum Gasteiger partial charge on any atom is 0.251 e. The second-order valence-corrected chi connectivity index (χ2v) is 4.90. The van der Waals surface area contributed by atoms with Crippen molar-refractivity contribution in [2.24, 2.45) is 0 Å². The summed E-state index contributed by atoms with van der Waals surface area (Å²) in [5.41, 5.74) is 2.19. The molecule has 0 unspecified atom stereocenters. The van der Waals surface area contributed by atoms with Crippen LogP contribution in [0.25, 0.3) is 0 Å². The molecule has 0 saturated carbocycles. The molecule has 0 amide bonds. The van der Waals surface area contributed by atoms with Gasteiger partial charge in [-0.3, -0.25) is 4.90 Å². The number of hydrogen-bond donors (Lipinski definition) is 1. The van der Waals surface area contributed by atoms with Crippen LogP contribution in [0.2, 0.25) is 0 Å². The van der Waals surface area contributed by atoms with Crippen molar-refractivity contribution in [3.8, 4) is 0 Å². The molecule has 0 aliphatic carbocycles. The van der Waals surface area contributed by atoms with Gasteiger partial charge in [-0.15, -0.1) is 0 Å². The average molecular weight is 307 g/mol. The molecule has 0 bridgehead atoms. The Kier molecular flexibility index (Phi) is 6.02. The molecule has 0 aromatic heterocycles. The van der Waals surface area contributed by atoms with Gasteiger partial charge in [0, 0.05) is 17.6 Å². The quantitative estimate of drug-likeness (QED) is 0.869. The zero-order valence-corrected chi connectivity index (χ0v) is 11.6. The van der Waals surface area contributed by atoms with Crippen molar-refractivity contribution in [1.82, 2.24) is 10.2 Å². The van der Waals surface area contributed by atoms with E-state index in [4.69, 9.17) is 0 Å². The first-order chi connectivity index (χ1) is 8.02. The Bertz CT molecular complexity index is 358. The van der Waals surface area contributed by atoms with E-state index in [1.807, 2.05) is 25.2 Å². The van der Waals surface area contributed by atoms with Crippen LogP contribution >= 0.6 is 15.9 Å². The van der Waals surface area contributed by atoms with Gasteiger partial charge in [-0.05, 0) is 31.3 Å². The van der Waals surface area contributed by atoms with Gasteiger partial charge in [0.2, 0.25) is 0 Å². The Hall–Kier alpha value is -0.520. The Balaban J connectivity index is 2.65. The van der Waals surface area contributed by atoms with Gasteiger partial charge in [-0.25, -0.2) is 8.78 Å². The highest BCUT2D eigenvalue weighted by Crippen LogP contribution is 2.20. The second-order valence-electron chi connectivity index (χ2n) is 4.04. The first-order valence-electron chi connectivity index (χ1n) is 5.41. The third-order valence-electron chi connectivity index (χ3n) is 2.39. The number of hydrogen-bond acceptors (Lipinski definition) is 2. The van der Waals surface area contributed by atoms with Gasteiger partial charge in [-0.2, -0.15) is 0 Å². The molecule has 0 aliphatic rings. The van der Waals surface area contributed by atoms with Crippen molar-refractivity contribution >= 4 is 15.9 Å². The molecule has 0 aliphatic heterocycles. The van der Waals surface area contributed by atoms with E-state index >= 15 is 0 Å². The highest BCUT2D eigenvalue weighted by atomic mass is 79.9. The Morgan fingerprint density at radius 1 is 1.41 bits per heavy atom. The summed E-state index contributed by atoms with van der Waals surface area (Å²) in [5.74, 6) is 0. The highest BCUT2D eigenvalue weighted by Gasteiger charge is 2.10. The summed E-state index contributed by atoms with van der Waals surface area (Å²) in [5, 5.41) is 3.07. The van der Waals surface area contributed by atoms with Crippen molar-refractivity contribution in [3.63, 3.8) is 0 Å². The summed E-state index contributed by atoms with van der Waals surface area (Å²) in [6.45, 7) is 1.11. The van der Waals surface area contributed by atoms with Gasteiger partial charge in [0.15, 0.2) is 0 Å². The lowest BCUT2D eigenvalue weighted by molar-refractivity contribution is 0.0975. The largest absolute Gasteiger partial charge is 0.316 e. The molecule has 0 atom stereocenters. The van der Waals surface area contributed by atoms with Crippen LogP contribution < -0.4 is 5.32 Å². The summed E-state index contributed by atoms with van der Waals surface area (Å²) < 4.78 is 25.3. The summed E-state index contributed by atoms with van der Waals surface area (Å²) in [4.78, 5) is 1.61. The molecule has 1 aromatic rings. The standard InChI is InChI=1S/C12H17BrF2N2/c1-16-6-9-3-4-10(11(13)5-9)7-17(2)8-12(14)15/h3-5,12,16H,6-8H2,1-2H3. The molecule has 0 fully saturated rings. The number of halogens is 3. The van der Waals surface area contributed by atoms with E-state index in [0.29, 0.717) is 6.54 Å². The molecule has 17 heavy (non-hydrogen) atoms. The third kappa shape index (κ3) is 5.10. The van der Waals surface area contributed by atoms with Crippen LogP contribution in [0.1, 0.15) is 11.1 Å². The van der Waals surface area contributed by atoms with Crippen LogP contribution in [0.3, 0.4) is 0 Å². The monoisotopic (exact) mass is 306 g/mol. The molecular weight excluding hydrogens is 290 g/mol. The van der Waals surface area contributed by atoms with E-state index in [1.54, 1.807) is 11.9 Å². The van der Waals surface area contributed by atoms with Gasteiger partial charge < -0.3 is 5.32 Å². The predicted molar refractivity (Wildman–Crippen MR) is 69.2 cm³/mol. The van der Waals surface area contributed by atoms with Crippen LogP contribution in [0, 0.1) is 0 Å². The summed E-state index contributed by atoms with van der Waals surface area (Å²) in [6, 6.07) is 5.99. The van der Waals surface area contributed by atoms with Crippen LogP contribution in [-0.2, 0) is 13.1 Å². The lowest BCUT2D eigenvalue weighted by Crippen LogP contribution is -2.24. The third-order valence-corrected chi connectivity index (χ3v) is 3.13. The van der Waals surface area contributed by atoms with E-state index in [1.165, 1.54) is 5.56 Å². The topological polar surface area (TPSA) is 15.3 Å². The molecule has 0 spiro atoms. The van der Waals surface area contributed by atoms with E-state index in [9.17, 15) is 8.78 Å². The Morgan fingerprint density at radius 3 is 2.65 bits per heavy atom. The lowest BCUT2D eigenvalue weighted by atomic mass is 10.1. The van der Waals surface area contributed by atoms with Gasteiger partial charge in [0.1, 0.15) is 0 Å². The smallest absolute Gasteiger partial charge is 0.251 e. The number of rotatable bonds is 6. The minimum atomic E-state index is -2.29. The minimum absolute atomic E-state index is 0.204. The van der Waals surface area contributed by atoms with Crippen LogP contribution in [-0.4, -0.2) is 32.0 Å². The molecule has 1 N–H and O–H groups in total. The van der Waals surface area contributed by atoms with Crippen LogP contribution in [0.15, 0.2) is 22.7 Å². The molecule has 96 valence electrons. The normalized spacial score (nSPS) is 11.5. The molecule has 5 heteroatoms. The predicted octanol–water partition coefficient (Wildman–Crippen LogP) is 2.87. The van der Waals surface area contributed by atoms with Crippen molar-refractivity contribution in [1.29, 1.82) is 0 Å². The first kappa shape index (κ1) is 14.5. The van der Waals surface area contributed by atoms with Crippen LogP contribution in [0.4, 0.5) is 8.78 Å². The number of benzene rings is 1. The first-order valence-corrected chi connectivity index (χ1v) is 6.21. The maximum absolute atomic E-state index is 12.2. The SMILES string of the molecule is CNCc1ccc(CN(C)CC(F)F)c(Br)c1. The minimum Gasteiger partial charge on any atom is -0.316 e. The van der Waals surface area contributed by atoms with Crippen molar-refractivity contribution in [2.75, 3.05) is 20.6 Å². The maximum atomic E-state index is 12.2. The molecule has 1 aromatic carbocycles. The van der Waals surface area contributed by atoms with E-state index in [2.05, 4.69) is 21.2 Å². The van der Waals surface area contributed by atoms with Crippen LogP contribution in [0.5, 0.6) is 0 Å². The fourth-order valence-electron chi connectivity index (χ4n) is 1.62. The summed E-state index contributed by atoms with van der Waals surface area (Å²) in [6.07, 6.45) is -2.29. The average Bonchev–Trinajstić information content (AvgIpc) is 2.21. The summed E-state index contributed by atoms with van der Waals surface area (Å²) in [7, 11) is 3.58. The fourth-order valence-corrected chi connectivity index (χ4v) is 2.18. The van der Waals surface area contributed by atoms with Gasteiger partial charge in [-0.1, -0.05) is 28.1 Å². The molecule has 0 radical (unpaired) electrons. The van der Waals surface area contributed by atoms with E-state index in [-0.39, 0.29) is 6.54 Å². The molecule has 0 saturated heterocycles. The van der Waals surface area contributed by atoms with E-state index < -0.39 is 6.43 Å². The van der Waals surface area contributed by atoms with Crippen molar-refractivity contribution < 1.29 is 8.78 Å². The van der Waals surface area contributed by atoms with Crippen molar-refractivity contribution in [2.45, 2.75) is 19.5 Å². The lowest BCUT2D eigenvalue weighted by Gasteiger charge is -2.17. The number of nitrogens with zero attached hydrogens (tertiary/aromatic N) is 1. The Labute approximate surface area is 109 Å². The van der Waals surface area contributed by atoms with Gasteiger partial charge >= 0.3 is 0 Å². The van der Waals surface area contributed by atoms with Gasteiger partial charge in [0.05, 0.1) is 6.54 Å². The molecule has 2 nitrogen and oxygen atoms in total. The zero-order valence-electron chi connectivity index (χ0n) is 10.0. The number of nitrogens with one attached hydrogen (secondary N) is 1. The fraction of sp³-hybridized carbons (Fsp3) is 0.500.